The van der Waals surface area contributed by atoms with E-state index in [4.69, 9.17) is 11.6 Å². The fraction of sp³-hybridized carbons (Fsp3) is 0.286. The van der Waals surface area contributed by atoms with Crippen LogP contribution >= 0.6 is 45.5 Å². The molecule has 1 heterocycles. The lowest BCUT2D eigenvalue weighted by Crippen LogP contribution is -2.15. The number of aryl methyl sites for hydroxylation is 1. The first kappa shape index (κ1) is 15.1. The van der Waals surface area contributed by atoms with Gasteiger partial charge < -0.3 is 5.32 Å². The summed E-state index contributed by atoms with van der Waals surface area (Å²) in [6.45, 7) is 0. The number of hydrogen-bond donors (Lipinski definition) is 1. The Labute approximate surface area is 144 Å². The van der Waals surface area contributed by atoms with E-state index in [1.54, 1.807) is 12.1 Å². The van der Waals surface area contributed by atoms with E-state index < -0.39 is 4.92 Å². The van der Waals surface area contributed by atoms with E-state index in [1.165, 1.54) is 19.4 Å². The van der Waals surface area contributed by atoms with Gasteiger partial charge in [-0.15, -0.1) is 11.3 Å². The average molecular weight is 435 g/mol. The summed E-state index contributed by atoms with van der Waals surface area (Å²) in [5.74, 6) is 0. The van der Waals surface area contributed by atoms with Gasteiger partial charge in [0.05, 0.1) is 13.8 Å². The minimum Gasteiger partial charge on any atom is -0.378 e. The number of thiophene rings is 1. The molecule has 0 amide bonds. The molecule has 1 aliphatic carbocycles. The van der Waals surface area contributed by atoms with Crippen LogP contribution in [0.4, 0.5) is 11.4 Å². The Morgan fingerprint density at radius 1 is 1.43 bits per heavy atom. The maximum atomic E-state index is 10.8. The van der Waals surface area contributed by atoms with Crippen LogP contribution in [0.25, 0.3) is 0 Å². The number of nitrogens with zero attached hydrogens (tertiary/aromatic N) is 1. The fourth-order valence-electron chi connectivity index (χ4n) is 2.62. The van der Waals surface area contributed by atoms with Crippen molar-refractivity contribution in [2.75, 3.05) is 5.32 Å². The third-order valence-electron chi connectivity index (χ3n) is 3.57. The van der Waals surface area contributed by atoms with Gasteiger partial charge >= 0.3 is 0 Å². The van der Waals surface area contributed by atoms with Crippen LogP contribution in [0.1, 0.15) is 29.3 Å². The summed E-state index contributed by atoms with van der Waals surface area (Å²) in [6.07, 6.45) is 3.36. The van der Waals surface area contributed by atoms with E-state index in [1.807, 2.05) is 11.3 Å². The molecular formula is C14H12ClIN2O2S. The van der Waals surface area contributed by atoms with E-state index >= 15 is 0 Å². The molecule has 1 atom stereocenters. The van der Waals surface area contributed by atoms with Crippen molar-refractivity contribution in [1.29, 1.82) is 0 Å². The van der Waals surface area contributed by atoms with Gasteiger partial charge in [-0.2, -0.15) is 0 Å². The summed E-state index contributed by atoms with van der Waals surface area (Å²) in [5, 5.41) is 14.4. The van der Waals surface area contributed by atoms with Crippen molar-refractivity contribution in [2.24, 2.45) is 0 Å². The number of hydrogen-bond acceptors (Lipinski definition) is 4. The Hall–Kier alpha value is -0.860. The lowest BCUT2D eigenvalue weighted by molar-refractivity contribution is -0.384. The number of benzene rings is 1. The molecule has 2 aromatic rings. The molecule has 0 spiro atoms. The van der Waals surface area contributed by atoms with Crippen molar-refractivity contribution < 1.29 is 4.92 Å². The highest BCUT2D eigenvalue weighted by Crippen LogP contribution is 2.38. The third-order valence-corrected chi connectivity index (χ3v) is 5.84. The first-order valence-corrected chi connectivity index (χ1v) is 8.80. The van der Waals surface area contributed by atoms with Crippen molar-refractivity contribution in [3.05, 3.63) is 52.7 Å². The van der Waals surface area contributed by atoms with Gasteiger partial charge in [0.1, 0.15) is 5.02 Å². The average Bonchev–Trinajstić information content (AvgIpc) is 2.80. The van der Waals surface area contributed by atoms with Crippen LogP contribution in [-0.4, -0.2) is 4.92 Å². The van der Waals surface area contributed by atoms with Crippen molar-refractivity contribution in [1.82, 2.24) is 0 Å². The summed E-state index contributed by atoms with van der Waals surface area (Å²) in [7, 11) is 0. The molecule has 0 aliphatic heterocycles. The van der Waals surface area contributed by atoms with Gasteiger partial charge in [-0.3, -0.25) is 10.1 Å². The van der Waals surface area contributed by atoms with Crippen LogP contribution < -0.4 is 5.32 Å². The normalized spacial score (nSPS) is 17.3. The minimum atomic E-state index is -0.466. The van der Waals surface area contributed by atoms with Gasteiger partial charge in [0.25, 0.3) is 5.69 Å². The second-order valence-corrected chi connectivity index (χ2v) is 8.38. The van der Waals surface area contributed by atoms with Gasteiger partial charge in [-0.05, 0) is 65.6 Å². The summed E-state index contributed by atoms with van der Waals surface area (Å²) >= 11 is 10.2. The van der Waals surface area contributed by atoms with Crippen molar-refractivity contribution in [2.45, 2.75) is 25.3 Å². The summed E-state index contributed by atoms with van der Waals surface area (Å²) in [5.41, 5.74) is 2.12. The highest BCUT2D eigenvalue weighted by molar-refractivity contribution is 14.1. The maximum Gasteiger partial charge on any atom is 0.288 e. The van der Waals surface area contributed by atoms with Gasteiger partial charge in [-0.25, -0.2) is 0 Å². The third kappa shape index (κ3) is 3.17. The second kappa shape index (κ2) is 6.10. The highest BCUT2D eigenvalue weighted by Gasteiger charge is 2.23. The Kier molecular flexibility index (Phi) is 4.37. The molecule has 1 aliphatic rings. The SMILES string of the molecule is O=[N+]([O-])c1ccc(NC2CCCc3sc(I)cc32)cc1Cl. The number of rotatable bonds is 3. The van der Waals surface area contributed by atoms with Crippen LogP contribution in [0.2, 0.25) is 5.02 Å². The molecular weight excluding hydrogens is 423 g/mol. The first-order chi connectivity index (χ1) is 10.0. The zero-order valence-electron chi connectivity index (χ0n) is 10.9. The number of nitro benzene ring substituents is 1. The molecule has 1 N–H and O–H groups in total. The Bertz CT molecular complexity index is 704. The summed E-state index contributed by atoms with van der Waals surface area (Å²) in [6, 6.07) is 7.28. The van der Waals surface area contributed by atoms with E-state index in [0.29, 0.717) is 0 Å². The Morgan fingerprint density at radius 3 is 2.95 bits per heavy atom. The van der Waals surface area contributed by atoms with Crippen LogP contribution in [0, 0.1) is 13.0 Å². The highest BCUT2D eigenvalue weighted by atomic mass is 127. The molecule has 21 heavy (non-hydrogen) atoms. The van der Waals surface area contributed by atoms with Gasteiger partial charge in [-0.1, -0.05) is 11.6 Å². The smallest absolute Gasteiger partial charge is 0.288 e. The fourth-order valence-corrected chi connectivity index (χ4v) is 4.99. The quantitative estimate of drug-likeness (QED) is 0.399. The van der Waals surface area contributed by atoms with Crippen LogP contribution in [0.3, 0.4) is 0 Å². The van der Waals surface area contributed by atoms with Crippen molar-refractivity contribution in [3.8, 4) is 0 Å². The zero-order chi connectivity index (χ0) is 15.0. The molecule has 0 fully saturated rings. The number of fused-ring (bicyclic) bond motifs is 1. The van der Waals surface area contributed by atoms with Crippen LogP contribution in [0.5, 0.6) is 0 Å². The van der Waals surface area contributed by atoms with Crippen LogP contribution in [-0.2, 0) is 6.42 Å². The van der Waals surface area contributed by atoms with E-state index in [-0.39, 0.29) is 16.8 Å². The molecule has 110 valence electrons. The summed E-state index contributed by atoms with van der Waals surface area (Å²) < 4.78 is 1.30. The molecule has 0 bridgehead atoms. The molecule has 3 rings (SSSR count). The molecule has 0 saturated heterocycles. The van der Waals surface area contributed by atoms with E-state index in [0.717, 1.165) is 24.9 Å². The lowest BCUT2D eigenvalue weighted by atomic mass is 9.94. The Balaban J connectivity index is 1.84. The second-order valence-electron chi connectivity index (χ2n) is 4.94. The topological polar surface area (TPSA) is 55.2 Å². The largest absolute Gasteiger partial charge is 0.378 e. The van der Waals surface area contributed by atoms with Gasteiger partial charge in [0, 0.05) is 16.6 Å². The van der Waals surface area contributed by atoms with Crippen LogP contribution in [0.15, 0.2) is 24.3 Å². The van der Waals surface area contributed by atoms with Crippen molar-refractivity contribution >= 4 is 56.9 Å². The predicted molar refractivity (Wildman–Crippen MR) is 94.4 cm³/mol. The number of nitro groups is 1. The summed E-state index contributed by atoms with van der Waals surface area (Å²) in [4.78, 5) is 11.8. The Morgan fingerprint density at radius 2 is 2.24 bits per heavy atom. The minimum absolute atomic E-state index is 0.0587. The number of nitrogens with one attached hydrogen (secondary N) is 1. The van der Waals surface area contributed by atoms with E-state index in [2.05, 4.69) is 34.0 Å². The molecule has 1 aromatic heterocycles. The standard InChI is InChI=1S/C14H12ClIN2O2S/c15-10-6-8(4-5-12(10)18(19)20)17-11-2-1-3-13-9(11)7-14(16)21-13/h4-7,11,17H,1-3H2. The van der Waals surface area contributed by atoms with E-state index in [9.17, 15) is 10.1 Å². The molecule has 4 nitrogen and oxygen atoms in total. The maximum absolute atomic E-state index is 10.8. The first-order valence-electron chi connectivity index (χ1n) is 6.53. The van der Waals surface area contributed by atoms with Crippen molar-refractivity contribution in [3.63, 3.8) is 0 Å². The molecule has 0 radical (unpaired) electrons. The number of halogens is 2. The molecule has 1 aromatic carbocycles. The lowest BCUT2D eigenvalue weighted by Gasteiger charge is -2.24. The predicted octanol–water partition coefficient (Wildman–Crippen LogP) is 5.40. The number of anilines is 1. The molecule has 0 saturated carbocycles. The molecule has 1 unspecified atom stereocenters. The zero-order valence-corrected chi connectivity index (χ0v) is 14.7. The van der Waals surface area contributed by atoms with Gasteiger partial charge in [0.15, 0.2) is 0 Å². The molecule has 7 heteroatoms. The van der Waals surface area contributed by atoms with Gasteiger partial charge in [0.2, 0.25) is 0 Å². The monoisotopic (exact) mass is 434 g/mol.